The summed E-state index contributed by atoms with van der Waals surface area (Å²) in [6.07, 6.45) is 4.83. The second-order valence-electron chi connectivity index (χ2n) is 6.10. The molecule has 7 heteroatoms. The number of hydrogen-bond donors (Lipinski definition) is 2. The normalized spacial score (nSPS) is 18.1. The van der Waals surface area contributed by atoms with Crippen LogP contribution in [0.4, 0.5) is 0 Å². The minimum absolute atomic E-state index is 0.00135. The van der Waals surface area contributed by atoms with Crippen LogP contribution in [0.5, 0.6) is 0 Å². The number of thiazole rings is 1. The fraction of sp³-hybridized carbons (Fsp3) is 0.471. The van der Waals surface area contributed by atoms with E-state index < -0.39 is 5.41 Å². The van der Waals surface area contributed by atoms with Crippen LogP contribution < -0.4 is 11.1 Å². The molecule has 1 aliphatic heterocycles. The minimum Gasteiger partial charge on any atom is -0.381 e. The lowest BCUT2D eigenvalue weighted by molar-refractivity contribution is -0.136. The maximum absolute atomic E-state index is 12.7. The van der Waals surface area contributed by atoms with Gasteiger partial charge in [-0.2, -0.15) is 0 Å². The van der Waals surface area contributed by atoms with Gasteiger partial charge in [-0.25, -0.2) is 4.98 Å². The van der Waals surface area contributed by atoms with Gasteiger partial charge in [-0.05, 0) is 31.9 Å². The van der Waals surface area contributed by atoms with E-state index in [2.05, 4.69) is 15.3 Å². The Kier molecular flexibility index (Phi) is 5.23. The quantitative estimate of drug-likeness (QED) is 0.866. The monoisotopic (exact) mass is 346 g/mol. The van der Waals surface area contributed by atoms with E-state index in [1.165, 1.54) is 0 Å². The van der Waals surface area contributed by atoms with Crippen LogP contribution in [-0.4, -0.2) is 35.6 Å². The molecule has 6 nitrogen and oxygen atoms in total. The Morgan fingerprint density at radius 2 is 2.12 bits per heavy atom. The molecule has 1 fully saturated rings. The summed E-state index contributed by atoms with van der Waals surface area (Å²) in [5.74, 6) is 0.00135. The number of pyridine rings is 1. The van der Waals surface area contributed by atoms with Gasteiger partial charge in [0.05, 0.1) is 17.2 Å². The first-order valence-corrected chi connectivity index (χ1v) is 8.97. The van der Waals surface area contributed by atoms with Crippen molar-refractivity contribution in [2.45, 2.75) is 25.8 Å². The summed E-state index contributed by atoms with van der Waals surface area (Å²) in [6, 6.07) is 3.70. The Morgan fingerprint density at radius 1 is 1.42 bits per heavy atom. The van der Waals surface area contributed by atoms with Crippen molar-refractivity contribution in [2.75, 3.05) is 19.8 Å². The van der Waals surface area contributed by atoms with Crippen molar-refractivity contribution in [1.29, 1.82) is 0 Å². The average molecular weight is 346 g/mol. The topological polar surface area (TPSA) is 90.1 Å². The Hall–Kier alpha value is -1.83. The highest BCUT2D eigenvalue weighted by Gasteiger charge is 2.39. The Morgan fingerprint density at radius 3 is 2.79 bits per heavy atom. The smallest absolute Gasteiger partial charge is 0.228 e. The molecule has 1 aliphatic rings. The van der Waals surface area contributed by atoms with Gasteiger partial charge in [0.25, 0.3) is 0 Å². The number of nitrogens with one attached hydrogen (secondary N) is 1. The highest BCUT2D eigenvalue weighted by atomic mass is 32.1. The van der Waals surface area contributed by atoms with Gasteiger partial charge in [-0.3, -0.25) is 9.78 Å². The number of hydrogen-bond acceptors (Lipinski definition) is 6. The van der Waals surface area contributed by atoms with Gasteiger partial charge in [-0.1, -0.05) is 0 Å². The zero-order chi connectivity index (χ0) is 17.0. The third-order valence-electron chi connectivity index (χ3n) is 4.54. The molecule has 3 N–H and O–H groups in total. The molecule has 128 valence electrons. The van der Waals surface area contributed by atoms with Crippen LogP contribution >= 0.6 is 11.3 Å². The molecule has 3 heterocycles. The number of nitrogens with two attached hydrogens (primary N) is 1. The molecule has 0 radical (unpaired) electrons. The molecular weight excluding hydrogens is 324 g/mol. The molecule has 0 saturated carbocycles. The molecule has 0 spiro atoms. The second kappa shape index (κ2) is 7.38. The fourth-order valence-corrected chi connectivity index (χ4v) is 3.67. The number of ether oxygens (including phenoxy) is 1. The number of aromatic nitrogens is 2. The van der Waals surface area contributed by atoms with Gasteiger partial charge in [0.15, 0.2) is 0 Å². The van der Waals surface area contributed by atoms with Crippen molar-refractivity contribution >= 4 is 17.2 Å². The summed E-state index contributed by atoms with van der Waals surface area (Å²) in [6.45, 7) is 3.47. The van der Waals surface area contributed by atoms with E-state index in [0.29, 0.717) is 32.6 Å². The maximum Gasteiger partial charge on any atom is 0.228 e. The van der Waals surface area contributed by atoms with Crippen LogP contribution in [0.15, 0.2) is 29.9 Å². The number of rotatable bonds is 5. The number of amides is 1. The van der Waals surface area contributed by atoms with Gasteiger partial charge in [0.2, 0.25) is 5.91 Å². The van der Waals surface area contributed by atoms with Crippen LogP contribution in [0.3, 0.4) is 0 Å². The largest absolute Gasteiger partial charge is 0.381 e. The Bertz CT molecular complexity index is 683. The third-order valence-corrected chi connectivity index (χ3v) is 5.57. The van der Waals surface area contributed by atoms with E-state index in [0.717, 1.165) is 16.3 Å². The molecule has 2 aromatic heterocycles. The number of nitrogens with zero attached hydrogens (tertiary/aromatic N) is 2. The van der Waals surface area contributed by atoms with Gasteiger partial charge in [0, 0.05) is 43.1 Å². The molecule has 2 aromatic rings. The van der Waals surface area contributed by atoms with E-state index >= 15 is 0 Å². The Labute approximate surface area is 145 Å². The van der Waals surface area contributed by atoms with Crippen LogP contribution in [-0.2, 0) is 9.53 Å². The van der Waals surface area contributed by atoms with Crippen molar-refractivity contribution < 1.29 is 9.53 Å². The van der Waals surface area contributed by atoms with Gasteiger partial charge >= 0.3 is 0 Å². The first-order chi connectivity index (χ1) is 11.6. The van der Waals surface area contributed by atoms with Crippen molar-refractivity contribution in [3.8, 4) is 11.3 Å². The van der Waals surface area contributed by atoms with Crippen molar-refractivity contribution in [3.63, 3.8) is 0 Å². The lowest BCUT2D eigenvalue weighted by Crippen LogP contribution is -2.49. The van der Waals surface area contributed by atoms with E-state index in [4.69, 9.17) is 10.5 Å². The molecule has 0 bridgehead atoms. The van der Waals surface area contributed by atoms with Gasteiger partial charge < -0.3 is 15.8 Å². The molecule has 1 saturated heterocycles. The SMILES string of the molecule is CC(NC(=O)C1(CN)CCOCC1)c1nc(-c2ccncc2)cs1. The van der Waals surface area contributed by atoms with E-state index in [1.807, 2.05) is 24.4 Å². The lowest BCUT2D eigenvalue weighted by atomic mass is 9.79. The molecule has 0 aliphatic carbocycles. The summed E-state index contributed by atoms with van der Waals surface area (Å²) in [4.78, 5) is 21.4. The third kappa shape index (κ3) is 3.48. The average Bonchev–Trinajstić information content (AvgIpc) is 3.13. The molecule has 1 unspecified atom stereocenters. The predicted octanol–water partition coefficient (Wildman–Crippen LogP) is 2.14. The molecule has 24 heavy (non-hydrogen) atoms. The summed E-state index contributed by atoms with van der Waals surface area (Å²) in [7, 11) is 0. The lowest BCUT2D eigenvalue weighted by Gasteiger charge is -2.35. The van der Waals surface area contributed by atoms with Crippen LogP contribution in [0, 0.1) is 5.41 Å². The van der Waals surface area contributed by atoms with Crippen molar-refractivity contribution in [1.82, 2.24) is 15.3 Å². The maximum atomic E-state index is 12.7. The fourth-order valence-electron chi connectivity index (χ4n) is 2.84. The van der Waals surface area contributed by atoms with E-state index in [-0.39, 0.29) is 11.9 Å². The second-order valence-corrected chi connectivity index (χ2v) is 6.99. The molecule has 1 amide bonds. The highest BCUT2D eigenvalue weighted by Crippen LogP contribution is 2.31. The minimum atomic E-state index is -0.516. The summed E-state index contributed by atoms with van der Waals surface area (Å²) >= 11 is 1.55. The van der Waals surface area contributed by atoms with Crippen LogP contribution in [0.25, 0.3) is 11.3 Å². The van der Waals surface area contributed by atoms with Gasteiger partial charge in [0.1, 0.15) is 5.01 Å². The van der Waals surface area contributed by atoms with E-state index in [1.54, 1.807) is 23.7 Å². The summed E-state index contributed by atoms with van der Waals surface area (Å²) in [5, 5.41) is 5.97. The Balaban J connectivity index is 1.70. The zero-order valence-corrected chi connectivity index (χ0v) is 14.5. The number of carbonyl (C=O) groups is 1. The van der Waals surface area contributed by atoms with E-state index in [9.17, 15) is 4.79 Å². The summed E-state index contributed by atoms with van der Waals surface area (Å²) < 4.78 is 5.37. The first-order valence-electron chi connectivity index (χ1n) is 8.09. The van der Waals surface area contributed by atoms with Crippen LogP contribution in [0.2, 0.25) is 0 Å². The van der Waals surface area contributed by atoms with Crippen molar-refractivity contribution in [3.05, 3.63) is 34.9 Å². The number of carbonyl (C=O) groups excluding carboxylic acids is 1. The standard InChI is InChI=1S/C17H22N4O2S/c1-12(20-16(22)17(11-18)4-8-23-9-5-17)15-21-14(10-24-15)13-2-6-19-7-3-13/h2-3,6-7,10,12H,4-5,8-9,11,18H2,1H3,(H,20,22). The van der Waals surface area contributed by atoms with Crippen molar-refractivity contribution in [2.24, 2.45) is 11.1 Å². The highest BCUT2D eigenvalue weighted by molar-refractivity contribution is 7.10. The first kappa shape index (κ1) is 17.0. The molecular formula is C17H22N4O2S. The zero-order valence-electron chi connectivity index (χ0n) is 13.7. The molecule has 0 aromatic carbocycles. The molecule has 1 atom stereocenters. The van der Waals surface area contributed by atoms with Gasteiger partial charge in [-0.15, -0.1) is 11.3 Å². The molecule has 3 rings (SSSR count). The summed E-state index contributed by atoms with van der Waals surface area (Å²) in [5.41, 5.74) is 7.31. The predicted molar refractivity (Wildman–Crippen MR) is 93.4 cm³/mol. The van der Waals surface area contributed by atoms with Crippen LogP contribution in [0.1, 0.15) is 30.8 Å².